The summed E-state index contributed by atoms with van der Waals surface area (Å²) in [5.41, 5.74) is 3.30. The summed E-state index contributed by atoms with van der Waals surface area (Å²) < 4.78 is 19.3. The molecule has 0 bridgehead atoms. The van der Waals surface area contributed by atoms with Crippen LogP contribution in [0.1, 0.15) is 29.2 Å². The average molecular weight is 432 g/mol. The lowest BCUT2D eigenvalue weighted by Crippen LogP contribution is -2.37. The number of fused-ring (bicyclic) bond motifs is 2. The largest absolute Gasteiger partial charge is 0.387 e. The standard InChI is InChI=1S/C21H22ClN3O5/c1-11-14-4-6-25(20(14)24-9-23-11)21-17(27)16(26)19(30-21)18-15-3-2-13(22)8-12(15)5-7-28-10-29-18/h2-4,6,8-9,16-19,21,26-27H,5,7,10H2,1H3/t16-,17+,18+,19-,21+/m0/s1. The average Bonchev–Trinajstić information content (AvgIpc) is 3.26. The minimum absolute atomic E-state index is 0.0684. The molecule has 4 heterocycles. The molecule has 1 fully saturated rings. The smallest absolute Gasteiger partial charge is 0.164 e. The minimum Gasteiger partial charge on any atom is -0.387 e. The van der Waals surface area contributed by atoms with E-state index >= 15 is 0 Å². The maximum absolute atomic E-state index is 10.9. The number of aliphatic hydroxyl groups is 2. The minimum atomic E-state index is -1.16. The summed E-state index contributed by atoms with van der Waals surface area (Å²) in [5, 5.41) is 23.2. The molecule has 0 unspecified atom stereocenters. The van der Waals surface area contributed by atoms with Crippen LogP contribution in [-0.4, -0.2) is 56.5 Å². The molecule has 1 aromatic carbocycles. The molecule has 3 aromatic rings. The molecule has 158 valence electrons. The lowest BCUT2D eigenvalue weighted by Gasteiger charge is -2.29. The van der Waals surface area contributed by atoms with Crippen molar-refractivity contribution >= 4 is 22.6 Å². The van der Waals surface area contributed by atoms with Crippen LogP contribution in [0.4, 0.5) is 0 Å². The Hall–Kier alpha value is -2.07. The fraction of sp³-hybridized carbons (Fsp3) is 0.429. The lowest BCUT2D eigenvalue weighted by molar-refractivity contribution is -0.159. The Morgan fingerprint density at radius 2 is 2.03 bits per heavy atom. The van der Waals surface area contributed by atoms with Gasteiger partial charge in [0.25, 0.3) is 0 Å². The van der Waals surface area contributed by atoms with Crippen LogP contribution in [0.3, 0.4) is 0 Å². The predicted molar refractivity (Wildman–Crippen MR) is 108 cm³/mol. The van der Waals surface area contributed by atoms with E-state index < -0.39 is 30.6 Å². The second-order valence-electron chi connectivity index (χ2n) is 7.60. The molecule has 0 spiro atoms. The van der Waals surface area contributed by atoms with Gasteiger partial charge in [-0.05, 0) is 42.7 Å². The van der Waals surface area contributed by atoms with Gasteiger partial charge in [-0.15, -0.1) is 0 Å². The van der Waals surface area contributed by atoms with E-state index in [-0.39, 0.29) is 6.79 Å². The molecule has 8 nitrogen and oxygen atoms in total. The number of nitrogens with zero attached hydrogens (tertiary/aromatic N) is 3. The SMILES string of the molecule is Cc1ncnc2c1ccn2[C@@H]1O[C@H]([C@@H]2OCOCCc3cc(Cl)ccc32)[C@@H](O)[C@H]1O. The molecular formula is C21H22ClN3O5. The maximum atomic E-state index is 10.9. The van der Waals surface area contributed by atoms with E-state index in [1.807, 2.05) is 25.1 Å². The van der Waals surface area contributed by atoms with Gasteiger partial charge in [0.15, 0.2) is 6.23 Å². The van der Waals surface area contributed by atoms with Crippen LogP contribution < -0.4 is 0 Å². The van der Waals surface area contributed by atoms with E-state index in [1.54, 1.807) is 16.8 Å². The molecule has 30 heavy (non-hydrogen) atoms. The van der Waals surface area contributed by atoms with Crippen LogP contribution in [0.2, 0.25) is 5.02 Å². The highest BCUT2D eigenvalue weighted by Gasteiger charge is 2.49. The van der Waals surface area contributed by atoms with Gasteiger partial charge >= 0.3 is 0 Å². The zero-order valence-corrected chi connectivity index (χ0v) is 17.1. The van der Waals surface area contributed by atoms with Gasteiger partial charge in [0.1, 0.15) is 43.2 Å². The number of aryl methyl sites for hydroxylation is 1. The summed E-state index contributed by atoms with van der Waals surface area (Å²) in [6.45, 7) is 2.47. The van der Waals surface area contributed by atoms with E-state index in [9.17, 15) is 10.2 Å². The van der Waals surface area contributed by atoms with Gasteiger partial charge in [-0.1, -0.05) is 17.7 Å². The van der Waals surface area contributed by atoms with Gasteiger partial charge in [0, 0.05) is 16.6 Å². The Balaban J connectivity index is 1.51. The van der Waals surface area contributed by atoms with Crippen LogP contribution in [0.5, 0.6) is 0 Å². The van der Waals surface area contributed by atoms with Gasteiger partial charge in [-0.2, -0.15) is 0 Å². The molecule has 1 saturated heterocycles. The summed E-state index contributed by atoms with van der Waals surface area (Å²) >= 11 is 6.17. The first kappa shape index (κ1) is 19.9. The van der Waals surface area contributed by atoms with Crippen molar-refractivity contribution in [3.05, 3.63) is 58.6 Å². The van der Waals surface area contributed by atoms with Crippen molar-refractivity contribution in [2.75, 3.05) is 13.4 Å². The van der Waals surface area contributed by atoms with Crippen LogP contribution in [0.25, 0.3) is 11.0 Å². The molecule has 2 aliphatic heterocycles. The number of benzene rings is 1. The van der Waals surface area contributed by atoms with Crippen molar-refractivity contribution in [2.24, 2.45) is 0 Å². The number of aliphatic hydroxyl groups excluding tert-OH is 2. The molecule has 5 atom stereocenters. The van der Waals surface area contributed by atoms with Crippen LogP contribution in [-0.2, 0) is 20.6 Å². The highest BCUT2D eigenvalue weighted by atomic mass is 35.5. The summed E-state index contributed by atoms with van der Waals surface area (Å²) in [6, 6.07) is 7.41. The number of rotatable bonds is 2. The first-order valence-electron chi connectivity index (χ1n) is 9.82. The first-order chi connectivity index (χ1) is 14.5. The van der Waals surface area contributed by atoms with Gasteiger partial charge < -0.3 is 29.0 Å². The summed E-state index contributed by atoms with van der Waals surface area (Å²) in [6.07, 6.45) is -0.637. The second-order valence-corrected chi connectivity index (χ2v) is 8.03. The third kappa shape index (κ3) is 3.30. The van der Waals surface area contributed by atoms with Crippen molar-refractivity contribution < 1.29 is 24.4 Å². The molecule has 0 saturated carbocycles. The number of aromatic nitrogens is 3. The van der Waals surface area contributed by atoms with Crippen LogP contribution >= 0.6 is 11.6 Å². The van der Waals surface area contributed by atoms with Crippen molar-refractivity contribution in [1.29, 1.82) is 0 Å². The second kappa shape index (κ2) is 7.88. The maximum Gasteiger partial charge on any atom is 0.164 e. The zero-order chi connectivity index (χ0) is 20.8. The molecular weight excluding hydrogens is 410 g/mol. The van der Waals surface area contributed by atoms with Crippen molar-refractivity contribution in [1.82, 2.24) is 14.5 Å². The zero-order valence-electron chi connectivity index (χ0n) is 16.3. The summed E-state index contributed by atoms with van der Waals surface area (Å²) in [5.74, 6) is 0. The molecule has 2 N–H and O–H groups in total. The molecule has 2 aromatic heterocycles. The third-order valence-corrected chi connectivity index (χ3v) is 6.05. The fourth-order valence-electron chi connectivity index (χ4n) is 4.26. The van der Waals surface area contributed by atoms with Gasteiger partial charge in [-0.3, -0.25) is 0 Å². The number of halogens is 1. The number of hydrogen-bond acceptors (Lipinski definition) is 7. The molecule has 0 amide bonds. The van der Waals surface area contributed by atoms with Gasteiger partial charge in [0.2, 0.25) is 0 Å². The highest BCUT2D eigenvalue weighted by molar-refractivity contribution is 6.30. The molecule has 9 heteroatoms. The normalized spacial score (nSPS) is 29.5. The topological polar surface area (TPSA) is 98.9 Å². The van der Waals surface area contributed by atoms with E-state index in [4.69, 9.17) is 25.8 Å². The van der Waals surface area contributed by atoms with Crippen molar-refractivity contribution in [3.63, 3.8) is 0 Å². The highest BCUT2D eigenvalue weighted by Crippen LogP contribution is 2.40. The number of hydrogen-bond donors (Lipinski definition) is 2. The predicted octanol–water partition coefficient (Wildman–Crippen LogP) is 2.30. The van der Waals surface area contributed by atoms with Crippen LogP contribution in [0, 0.1) is 6.92 Å². The Morgan fingerprint density at radius 3 is 2.90 bits per heavy atom. The Bertz CT molecular complexity index is 1070. The van der Waals surface area contributed by atoms with Crippen molar-refractivity contribution in [2.45, 2.75) is 44.0 Å². The quantitative estimate of drug-likeness (QED) is 0.642. The molecule has 0 radical (unpaired) electrons. The number of ether oxygens (including phenoxy) is 3. The third-order valence-electron chi connectivity index (χ3n) is 5.81. The van der Waals surface area contributed by atoms with E-state index in [0.29, 0.717) is 23.7 Å². The van der Waals surface area contributed by atoms with E-state index in [0.717, 1.165) is 22.2 Å². The Morgan fingerprint density at radius 1 is 1.17 bits per heavy atom. The Kier molecular flexibility index (Phi) is 5.22. The first-order valence-corrected chi connectivity index (χ1v) is 10.2. The fourth-order valence-corrected chi connectivity index (χ4v) is 4.46. The van der Waals surface area contributed by atoms with Crippen LogP contribution in [0.15, 0.2) is 36.8 Å². The molecule has 5 rings (SSSR count). The van der Waals surface area contributed by atoms with E-state index in [1.165, 1.54) is 6.33 Å². The monoisotopic (exact) mass is 431 g/mol. The molecule has 2 aliphatic rings. The summed E-state index contributed by atoms with van der Waals surface area (Å²) in [4.78, 5) is 8.53. The summed E-state index contributed by atoms with van der Waals surface area (Å²) in [7, 11) is 0. The van der Waals surface area contributed by atoms with Gasteiger partial charge in [-0.25, -0.2) is 9.97 Å². The van der Waals surface area contributed by atoms with E-state index in [2.05, 4.69) is 9.97 Å². The molecule has 0 aliphatic carbocycles. The van der Waals surface area contributed by atoms with Crippen molar-refractivity contribution in [3.8, 4) is 0 Å². The van der Waals surface area contributed by atoms with Gasteiger partial charge in [0.05, 0.1) is 12.3 Å². The lowest BCUT2D eigenvalue weighted by atomic mass is 9.93. The Labute approximate surface area is 178 Å².